The van der Waals surface area contributed by atoms with E-state index in [1.807, 2.05) is 0 Å². The van der Waals surface area contributed by atoms with Gasteiger partial charge in [0.2, 0.25) is 0 Å². The van der Waals surface area contributed by atoms with Gasteiger partial charge in [-0.3, -0.25) is 0 Å². The highest BCUT2D eigenvalue weighted by atomic mass is 32.2. The average molecular weight is 216 g/mol. The number of rotatable bonds is 4. The predicted octanol–water partition coefficient (Wildman–Crippen LogP) is 1.81. The third-order valence-corrected chi connectivity index (χ3v) is 3.79. The van der Waals surface area contributed by atoms with Crippen LogP contribution in [0.15, 0.2) is 0 Å². The Labute approximate surface area is 92.8 Å². The van der Waals surface area contributed by atoms with Crippen molar-refractivity contribution in [1.29, 1.82) is 0 Å². The van der Waals surface area contributed by atoms with Gasteiger partial charge >= 0.3 is 0 Å². The molecular weight excluding hydrogens is 192 g/mol. The molecule has 0 bridgehead atoms. The molecule has 0 aliphatic carbocycles. The standard InChI is InChI=1S/C11H24N2S/c1-11(2,3)12-6-7-13(4)10-5-8-14-9-10/h10,12H,5-9H2,1-4H3. The monoisotopic (exact) mass is 216 g/mol. The van der Waals surface area contributed by atoms with Gasteiger partial charge in [0, 0.05) is 30.4 Å². The quantitative estimate of drug-likeness (QED) is 0.771. The van der Waals surface area contributed by atoms with E-state index in [9.17, 15) is 0 Å². The van der Waals surface area contributed by atoms with Crippen molar-refractivity contribution >= 4 is 11.8 Å². The second-order valence-corrected chi connectivity index (χ2v) is 6.32. The predicted molar refractivity (Wildman–Crippen MR) is 66.1 cm³/mol. The van der Waals surface area contributed by atoms with Crippen molar-refractivity contribution < 1.29 is 0 Å². The summed E-state index contributed by atoms with van der Waals surface area (Å²) in [6.45, 7) is 8.93. The first-order chi connectivity index (χ1) is 6.49. The van der Waals surface area contributed by atoms with Crippen LogP contribution in [0.4, 0.5) is 0 Å². The molecule has 14 heavy (non-hydrogen) atoms. The molecule has 0 saturated carbocycles. The van der Waals surface area contributed by atoms with Crippen LogP contribution in [0.1, 0.15) is 27.2 Å². The van der Waals surface area contributed by atoms with E-state index in [-0.39, 0.29) is 5.54 Å². The average Bonchev–Trinajstić information content (AvgIpc) is 2.53. The van der Waals surface area contributed by atoms with Crippen LogP contribution in [0.2, 0.25) is 0 Å². The van der Waals surface area contributed by atoms with Crippen LogP contribution in [-0.4, -0.2) is 48.1 Å². The fourth-order valence-corrected chi connectivity index (χ4v) is 2.96. The van der Waals surface area contributed by atoms with Gasteiger partial charge in [-0.15, -0.1) is 0 Å². The zero-order valence-corrected chi connectivity index (χ0v) is 10.8. The smallest absolute Gasteiger partial charge is 0.0191 e. The maximum atomic E-state index is 3.53. The van der Waals surface area contributed by atoms with Gasteiger partial charge in [0.1, 0.15) is 0 Å². The Morgan fingerprint density at radius 2 is 2.14 bits per heavy atom. The molecule has 1 heterocycles. The number of likely N-dealkylation sites (N-methyl/N-ethyl adjacent to an activating group) is 1. The Balaban J connectivity index is 2.11. The van der Waals surface area contributed by atoms with Crippen LogP contribution in [0.5, 0.6) is 0 Å². The lowest BCUT2D eigenvalue weighted by Crippen LogP contribution is -2.43. The van der Waals surface area contributed by atoms with Crippen LogP contribution >= 0.6 is 11.8 Å². The van der Waals surface area contributed by atoms with E-state index in [1.165, 1.54) is 24.5 Å². The van der Waals surface area contributed by atoms with Crippen LogP contribution in [0.3, 0.4) is 0 Å². The van der Waals surface area contributed by atoms with Gasteiger partial charge in [-0.05, 0) is 40.0 Å². The fraction of sp³-hybridized carbons (Fsp3) is 1.00. The van der Waals surface area contributed by atoms with Crippen molar-refractivity contribution in [1.82, 2.24) is 10.2 Å². The topological polar surface area (TPSA) is 15.3 Å². The minimum atomic E-state index is 0.255. The molecule has 1 aliphatic rings. The summed E-state index contributed by atoms with van der Waals surface area (Å²) in [5, 5.41) is 3.53. The van der Waals surface area contributed by atoms with E-state index in [1.54, 1.807) is 0 Å². The molecular formula is C11H24N2S. The Hall–Kier alpha value is 0.270. The highest BCUT2D eigenvalue weighted by Gasteiger charge is 2.19. The van der Waals surface area contributed by atoms with Crippen molar-refractivity contribution in [2.75, 3.05) is 31.6 Å². The summed E-state index contributed by atoms with van der Waals surface area (Å²) in [6.07, 6.45) is 1.37. The highest BCUT2D eigenvalue weighted by Crippen LogP contribution is 2.20. The maximum absolute atomic E-state index is 3.53. The molecule has 0 amide bonds. The van der Waals surface area contributed by atoms with Gasteiger partial charge in [0.15, 0.2) is 0 Å². The van der Waals surface area contributed by atoms with E-state index < -0.39 is 0 Å². The summed E-state index contributed by atoms with van der Waals surface area (Å²) >= 11 is 2.09. The van der Waals surface area contributed by atoms with Gasteiger partial charge in [-0.25, -0.2) is 0 Å². The Morgan fingerprint density at radius 3 is 2.64 bits per heavy atom. The van der Waals surface area contributed by atoms with Crippen molar-refractivity contribution in [3.8, 4) is 0 Å². The molecule has 0 aromatic heterocycles. The summed E-state index contributed by atoms with van der Waals surface area (Å²) in [5.74, 6) is 2.67. The molecule has 1 rings (SSSR count). The van der Waals surface area contributed by atoms with Crippen LogP contribution in [0.25, 0.3) is 0 Å². The second kappa shape index (κ2) is 5.38. The molecule has 3 heteroatoms. The number of nitrogens with one attached hydrogen (secondary N) is 1. The van der Waals surface area contributed by atoms with E-state index >= 15 is 0 Å². The van der Waals surface area contributed by atoms with E-state index in [0.717, 1.165) is 12.6 Å². The number of hydrogen-bond donors (Lipinski definition) is 1. The lowest BCUT2D eigenvalue weighted by atomic mass is 10.1. The fourth-order valence-electron chi connectivity index (χ4n) is 1.66. The Bertz CT molecular complexity index is 159. The summed E-state index contributed by atoms with van der Waals surface area (Å²) in [7, 11) is 2.25. The van der Waals surface area contributed by atoms with Gasteiger partial charge < -0.3 is 10.2 Å². The van der Waals surface area contributed by atoms with E-state index in [0.29, 0.717) is 0 Å². The van der Waals surface area contributed by atoms with Crippen LogP contribution in [0, 0.1) is 0 Å². The van der Waals surface area contributed by atoms with Gasteiger partial charge in [-0.2, -0.15) is 11.8 Å². The zero-order chi connectivity index (χ0) is 10.6. The van der Waals surface area contributed by atoms with Gasteiger partial charge in [0.05, 0.1) is 0 Å². The SMILES string of the molecule is CN(CCNC(C)(C)C)C1CCSC1. The largest absolute Gasteiger partial charge is 0.311 e. The molecule has 0 aromatic carbocycles. The van der Waals surface area contributed by atoms with E-state index in [2.05, 4.69) is 49.8 Å². The second-order valence-electron chi connectivity index (χ2n) is 5.17. The molecule has 0 spiro atoms. The van der Waals surface area contributed by atoms with E-state index in [4.69, 9.17) is 0 Å². The number of hydrogen-bond acceptors (Lipinski definition) is 3. The summed E-state index contributed by atoms with van der Waals surface area (Å²) in [5.41, 5.74) is 0.255. The summed E-state index contributed by atoms with van der Waals surface area (Å²) in [4.78, 5) is 2.50. The first-order valence-corrected chi connectivity index (χ1v) is 6.67. The molecule has 1 unspecified atom stereocenters. The summed E-state index contributed by atoms with van der Waals surface area (Å²) in [6, 6.07) is 0.821. The Kier molecular flexibility index (Phi) is 4.74. The van der Waals surface area contributed by atoms with Crippen molar-refractivity contribution in [2.45, 2.75) is 38.8 Å². The lowest BCUT2D eigenvalue weighted by Gasteiger charge is -2.26. The third-order valence-electron chi connectivity index (χ3n) is 2.65. The third kappa shape index (κ3) is 4.67. The molecule has 1 saturated heterocycles. The van der Waals surface area contributed by atoms with Crippen molar-refractivity contribution in [3.63, 3.8) is 0 Å². The minimum Gasteiger partial charge on any atom is -0.311 e. The van der Waals surface area contributed by atoms with Gasteiger partial charge in [-0.1, -0.05) is 0 Å². The highest BCUT2D eigenvalue weighted by molar-refractivity contribution is 7.99. The molecule has 2 nitrogen and oxygen atoms in total. The molecule has 84 valence electrons. The maximum Gasteiger partial charge on any atom is 0.0191 e. The van der Waals surface area contributed by atoms with Crippen molar-refractivity contribution in [2.24, 2.45) is 0 Å². The molecule has 1 atom stereocenters. The van der Waals surface area contributed by atoms with Crippen molar-refractivity contribution in [3.05, 3.63) is 0 Å². The summed E-state index contributed by atoms with van der Waals surface area (Å²) < 4.78 is 0. The lowest BCUT2D eigenvalue weighted by molar-refractivity contribution is 0.251. The Morgan fingerprint density at radius 1 is 1.43 bits per heavy atom. The molecule has 1 fully saturated rings. The minimum absolute atomic E-state index is 0.255. The molecule has 1 N–H and O–H groups in total. The number of nitrogens with zero attached hydrogens (tertiary/aromatic N) is 1. The molecule has 0 aromatic rings. The number of thioether (sulfide) groups is 1. The van der Waals surface area contributed by atoms with Gasteiger partial charge in [0.25, 0.3) is 0 Å². The first-order valence-electron chi connectivity index (χ1n) is 5.52. The normalized spacial score (nSPS) is 23.4. The zero-order valence-electron chi connectivity index (χ0n) is 9.97. The molecule has 0 radical (unpaired) electrons. The first kappa shape index (κ1) is 12.3. The van der Waals surface area contributed by atoms with Crippen LogP contribution < -0.4 is 5.32 Å². The molecule has 1 aliphatic heterocycles. The van der Waals surface area contributed by atoms with Crippen LogP contribution in [-0.2, 0) is 0 Å².